The number of likely N-dealkylation sites (tertiary alicyclic amines) is 1. The summed E-state index contributed by atoms with van der Waals surface area (Å²) in [6.07, 6.45) is 1.90. The summed E-state index contributed by atoms with van der Waals surface area (Å²) in [5.74, 6) is 0.631. The van der Waals surface area contributed by atoms with Gasteiger partial charge in [0.2, 0.25) is 0 Å². The summed E-state index contributed by atoms with van der Waals surface area (Å²) in [5.41, 5.74) is 4.08. The predicted octanol–water partition coefficient (Wildman–Crippen LogP) is 4.13. The largest absolute Gasteiger partial charge is 0.385 e. The maximum Gasteiger partial charge on any atom is 0.0543 e. The normalized spacial score (nSPS) is 20.6. The molecule has 3 aromatic rings. The number of hydrogen-bond acceptors (Lipinski definition) is 4. The van der Waals surface area contributed by atoms with Crippen LogP contribution in [0.15, 0.2) is 85.1 Å². The molecule has 1 spiro atoms. The summed E-state index contributed by atoms with van der Waals surface area (Å²) < 4.78 is 0. The Morgan fingerprint density at radius 3 is 2.31 bits per heavy atom. The fraction of sp³-hybridized carbons (Fsp3) is 0.320. The molecule has 1 unspecified atom stereocenters. The van der Waals surface area contributed by atoms with E-state index >= 15 is 0 Å². The number of para-hydroxylation sites is 2. The van der Waals surface area contributed by atoms with Crippen LogP contribution in [0.5, 0.6) is 0 Å². The molecular weight excluding hydrogens is 356 g/mol. The summed E-state index contributed by atoms with van der Waals surface area (Å²) in [4.78, 5) is 9.67. The van der Waals surface area contributed by atoms with Crippen LogP contribution in [-0.2, 0) is 6.54 Å². The summed E-state index contributed by atoms with van der Waals surface area (Å²) in [5, 5.41) is 3.69. The molecule has 1 N–H and O–H groups in total. The molecule has 29 heavy (non-hydrogen) atoms. The van der Waals surface area contributed by atoms with Crippen LogP contribution in [0.1, 0.15) is 5.69 Å². The van der Waals surface area contributed by atoms with Gasteiger partial charge in [0.05, 0.1) is 5.69 Å². The smallest absolute Gasteiger partial charge is 0.0543 e. The van der Waals surface area contributed by atoms with Crippen LogP contribution in [0.25, 0.3) is 0 Å². The first-order chi connectivity index (χ1) is 14.3. The first-order valence-corrected chi connectivity index (χ1v) is 10.5. The van der Waals surface area contributed by atoms with E-state index in [0.717, 1.165) is 39.3 Å². The Morgan fingerprint density at radius 1 is 0.862 bits per heavy atom. The van der Waals surface area contributed by atoms with Crippen molar-refractivity contribution in [3.8, 4) is 0 Å². The Hall–Kier alpha value is -2.85. The molecule has 0 radical (unpaired) electrons. The SMILES string of the molecule is c1ccc(NCC2CN(Cc3ccccn3)CC23CN(c2ccccc2)C3)cc1. The molecule has 148 valence electrons. The number of nitrogens with zero attached hydrogens (tertiary/aromatic N) is 3. The topological polar surface area (TPSA) is 31.4 Å². The van der Waals surface area contributed by atoms with E-state index in [-0.39, 0.29) is 0 Å². The minimum absolute atomic E-state index is 0.354. The molecule has 1 atom stereocenters. The first kappa shape index (κ1) is 18.2. The van der Waals surface area contributed by atoms with Crippen LogP contribution in [0.4, 0.5) is 11.4 Å². The second kappa shape index (κ2) is 7.88. The Bertz CT molecular complexity index is 907. The lowest BCUT2D eigenvalue weighted by atomic mass is 9.71. The monoisotopic (exact) mass is 384 g/mol. The standard InChI is InChI=1S/C25H28N4/c1-3-9-22(10-4-1)27-15-21-16-28(17-23-11-7-8-14-26-23)18-25(21)19-29(20-25)24-12-5-2-6-13-24/h1-14,21,27H,15-20H2. The lowest BCUT2D eigenvalue weighted by Gasteiger charge is -2.52. The Labute approximate surface area is 173 Å². The van der Waals surface area contributed by atoms with Gasteiger partial charge in [-0.3, -0.25) is 9.88 Å². The zero-order chi connectivity index (χ0) is 19.5. The second-order valence-corrected chi connectivity index (χ2v) is 8.49. The molecule has 5 rings (SSSR count). The molecule has 0 saturated carbocycles. The van der Waals surface area contributed by atoms with Gasteiger partial charge in [-0.05, 0) is 42.3 Å². The van der Waals surface area contributed by atoms with E-state index in [1.54, 1.807) is 0 Å². The van der Waals surface area contributed by atoms with Crippen molar-refractivity contribution in [3.63, 3.8) is 0 Å². The Morgan fingerprint density at radius 2 is 1.59 bits per heavy atom. The van der Waals surface area contributed by atoms with E-state index in [0.29, 0.717) is 11.3 Å². The maximum atomic E-state index is 4.55. The fourth-order valence-electron chi connectivity index (χ4n) is 4.96. The van der Waals surface area contributed by atoms with E-state index in [1.807, 2.05) is 12.3 Å². The molecular formula is C25H28N4. The van der Waals surface area contributed by atoms with Gasteiger partial charge in [-0.1, -0.05) is 42.5 Å². The molecule has 2 fully saturated rings. The van der Waals surface area contributed by atoms with Crippen molar-refractivity contribution in [2.45, 2.75) is 6.54 Å². The summed E-state index contributed by atoms with van der Waals surface area (Å²) >= 11 is 0. The van der Waals surface area contributed by atoms with Crippen LogP contribution in [0.2, 0.25) is 0 Å². The third-order valence-electron chi connectivity index (χ3n) is 6.45. The van der Waals surface area contributed by atoms with Gasteiger partial charge < -0.3 is 10.2 Å². The minimum Gasteiger partial charge on any atom is -0.385 e. The Kier molecular flexibility index (Phi) is 4.94. The molecule has 2 aromatic carbocycles. The average Bonchev–Trinajstić information content (AvgIpc) is 3.11. The van der Waals surface area contributed by atoms with Gasteiger partial charge in [0.1, 0.15) is 0 Å². The summed E-state index contributed by atoms with van der Waals surface area (Å²) in [6.45, 7) is 6.50. The fourth-order valence-corrected chi connectivity index (χ4v) is 4.96. The van der Waals surface area contributed by atoms with Gasteiger partial charge >= 0.3 is 0 Å². The van der Waals surface area contributed by atoms with Gasteiger partial charge in [0.25, 0.3) is 0 Å². The van der Waals surface area contributed by atoms with E-state index in [9.17, 15) is 0 Å². The van der Waals surface area contributed by atoms with Crippen molar-refractivity contribution in [2.75, 3.05) is 42.9 Å². The van der Waals surface area contributed by atoms with Crippen LogP contribution in [-0.4, -0.2) is 42.6 Å². The lowest BCUT2D eigenvalue weighted by Crippen LogP contribution is -2.61. The number of benzene rings is 2. The highest BCUT2D eigenvalue weighted by Gasteiger charge is 2.53. The number of rotatable bonds is 6. The van der Waals surface area contributed by atoms with Gasteiger partial charge in [0, 0.05) is 62.3 Å². The molecule has 2 saturated heterocycles. The zero-order valence-electron chi connectivity index (χ0n) is 16.7. The number of hydrogen-bond donors (Lipinski definition) is 1. The maximum absolute atomic E-state index is 4.55. The highest BCUT2D eigenvalue weighted by Crippen LogP contribution is 2.46. The van der Waals surface area contributed by atoms with Crippen LogP contribution in [0.3, 0.4) is 0 Å². The Balaban J connectivity index is 1.29. The summed E-state index contributed by atoms with van der Waals surface area (Å²) in [7, 11) is 0. The molecule has 0 amide bonds. The van der Waals surface area contributed by atoms with E-state index in [1.165, 1.54) is 17.1 Å². The molecule has 3 heterocycles. The summed E-state index contributed by atoms with van der Waals surface area (Å²) in [6, 6.07) is 27.6. The highest BCUT2D eigenvalue weighted by molar-refractivity contribution is 5.50. The van der Waals surface area contributed by atoms with Crippen molar-refractivity contribution in [3.05, 3.63) is 90.8 Å². The van der Waals surface area contributed by atoms with Gasteiger partial charge in [0.15, 0.2) is 0 Å². The molecule has 1 aromatic heterocycles. The molecule has 0 aliphatic carbocycles. The quantitative estimate of drug-likeness (QED) is 0.692. The number of anilines is 2. The molecule has 4 nitrogen and oxygen atoms in total. The molecule has 0 bridgehead atoms. The minimum atomic E-state index is 0.354. The van der Waals surface area contributed by atoms with Gasteiger partial charge in [-0.15, -0.1) is 0 Å². The third kappa shape index (κ3) is 3.85. The molecule has 4 heteroatoms. The van der Waals surface area contributed by atoms with Crippen molar-refractivity contribution in [1.82, 2.24) is 9.88 Å². The van der Waals surface area contributed by atoms with Crippen molar-refractivity contribution in [2.24, 2.45) is 11.3 Å². The van der Waals surface area contributed by atoms with Crippen LogP contribution < -0.4 is 10.2 Å². The number of nitrogens with one attached hydrogen (secondary N) is 1. The zero-order valence-corrected chi connectivity index (χ0v) is 16.7. The van der Waals surface area contributed by atoms with E-state index in [4.69, 9.17) is 0 Å². The lowest BCUT2D eigenvalue weighted by molar-refractivity contribution is 0.161. The van der Waals surface area contributed by atoms with Crippen molar-refractivity contribution >= 4 is 11.4 Å². The average molecular weight is 385 g/mol. The first-order valence-electron chi connectivity index (χ1n) is 10.5. The second-order valence-electron chi connectivity index (χ2n) is 8.49. The van der Waals surface area contributed by atoms with Crippen LogP contribution >= 0.6 is 0 Å². The van der Waals surface area contributed by atoms with E-state index in [2.05, 4.69) is 92.9 Å². The van der Waals surface area contributed by atoms with Crippen molar-refractivity contribution in [1.29, 1.82) is 0 Å². The molecule has 2 aliphatic heterocycles. The van der Waals surface area contributed by atoms with Gasteiger partial charge in [-0.25, -0.2) is 0 Å². The third-order valence-corrected chi connectivity index (χ3v) is 6.45. The highest BCUT2D eigenvalue weighted by atomic mass is 15.3. The number of pyridine rings is 1. The predicted molar refractivity (Wildman–Crippen MR) is 119 cm³/mol. The van der Waals surface area contributed by atoms with Gasteiger partial charge in [-0.2, -0.15) is 0 Å². The van der Waals surface area contributed by atoms with Crippen LogP contribution in [0, 0.1) is 11.3 Å². The molecule has 2 aliphatic rings. The van der Waals surface area contributed by atoms with Crippen molar-refractivity contribution < 1.29 is 0 Å². The van der Waals surface area contributed by atoms with E-state index < -0.39 is 0 Å². The number of aromatic nitrogens is 1.